The standard InChI is InChI=1S/C18H25N3O2.ClH/c22-17(20-11-8-14-7-10-19-13-14)9-12-21-16-4-2-1-3-15(16)5-6-18(21)23;/h1-4,14,19H,5-13H2,(H,20,22);1H. The zero-order valence-corrected chi connectivity index (χ0v) is 14.7. The van der Waals surface area contributed by atoms with Gasteiger partial charge in [-0.2, -0.15) is 0 Å². The molecule has 2 aliphatic rings. The van der Waals surface area contributed by atoms with Crippen molar-refractivity contribution in [3.63, 3.8) is 0 Å². The first kappa shape index (κ1) is 18.7. The topological polar surface area (TPSA) is 61.4 Å². The number of anilines is 1. The zero-order chi connectivity index (χ0) is 16.1. The molecule has 132 valence electrons. The lowest BCUT2D eigenvalue weighted by Gasteiger charge is -2.29. The summed E-state index contributed by atoms with van der Waals surface area (Å²) in [7, 11) is 0. The van der Waals surface area contributed by atoms with Gasteiger partial charge in [0.2, 0.25) is 11.8 Å². The Morgan fingerprint density at radius 3 is 2.92 bits per heavy atom. The summed E-state index contributed by atoms with van der Waals surface area (Å²) in [6.07, 6.45) is 3.93. The fraction of sp³-hybridized carbons (Fsp3) is 0.556. The van der Waals surface area contributed by atoms with Gasteiger partial charge in [-0.25, -0.2) is 0 Å². The quantitative estimate of drug-likeness (QED) is 0.822. The highest BCUT2D eigenvalue weighted by atomic mass is 35.5. The number of carbonyl (C=O) groups is 2. The van der Waals surface area contributed by atoms with Crippen molar-refractivity contribution in [1.82, 2.24) is 10.6 Å². The molecule has 5 nitrogen and oxygen atoms in total. The van der Waals surface area contributed by atoms with E-state index < -0.39 is 0 Å². The number of halogens is 1. The van der Waals surface area contributed by atoms with Crippen LogP contribution in [-0.4, -0.2) is 38.0 Å². The van der Waals surface area contributed by atoms with Crippen molar-refractivity contribution in [3.8, 4) is 0 Å². The summed E-state index contributed by atoms with van der Waals surface area (Å²) < 4.78 is 0. The molecule has 1 aromatic carbocycles. The number of hydrogen-bond acceptors (Lipinski definition) is 3. The highest BCUT2D eigenvalue weighted by molar-refractivity contribution is 5.96. The molecule has 0 bridgehead atoms. The number of rotatable bonds is 6. The van der Waals surface area contributed by atoms with E-state index >= 15 is 0 Å². The summed E-state index contributed by atoms with van der Waals surface area (Å²) in [5.74, 6) is 0.839. The minimum Gasteiger partial charge on any atom is -0.356 e. The summed E-state index contributed by atoms with van der Waals surface area (Å²) in [5, 5.41) is 6.32. The Labute approximate surface area is 149 Å². The second-order valence-corrected chi connectivity index (χ2v) is 6.42. The third-order valence-corrected chi connectivity index (χ3v) is 4.79. The third kappa shape index (κ3) is 4.71. The Bertz CT molecular complexity index is 573. The van der Waals surface area contributed by atoms with Crippen LogP contribution in [0.25, 0.3) is 0 Å². The number of hydrogen-bond donors (Lipinski definition) is 2. The molecule has 2 amide bonds. The Hall–Kier alpha value is -1.59. The van der Waals surface area contributed by atoms with Gasteiger partial charge >= 0.3 is 0 Å². The maximum Gasteiger partial charge on any atom is 0.227 e. The van der Waals surface area contributed by atoms with Crippen LogP contribution < -0.4 is 15.5 Å². The molecule has 24 heavy (non-hydrogen) atoms. The smallest absolute Gasteiger partial charge is 0.227 e. The molecule has 1 unspecified atom stereocenters. The Kier molecular flexibility index (Phi) is 7.06. The molecule has 0 spiro atoms. The summed E-state index contributed by atoms with van der Waals surface area (Å²) in [4.78, 5) is 25.9. The molecule has 2 N–H and O–H groups in total. The Morgan fingerprint density at radius 1 is 1.29 bits per heavy atom. The van der Waals surface area contributed by atoms with Crippen LogP contribution in [-0.2, 0) is 16.0 Å². The predicted molar refractivity (Wildman–Crippen MR) is 97.6 cm³/mol. The van der Waals surface area contributed by atoms with Crippen molar-refractivity contribution in [2.24, 2.45) is 5.92 Å². The van der Waals surface area contributed by atoms with E-state index in [1.165, 1.54) is 12.0 Å². The summed E-state index contributed by atoms with van der Waals surface area (Å²) in [5.41, 5.74) is 2.16. The monoisotopic (exact) mass is 351 g/mol. The van der Waals surface area contributed by atoms with Gasteiger partial charge in [-0.3, -0.25) is 9.59 Å². The van der Waals surface area contributed by atoms with Crippen molar-refractivity contribution in [1.29, 1.82) is 0 Å². The number of para-hydroxylation sites is 1. The van der Waals surface area contributed by atoms with E-state index in [0.717, 1.165) is 38.2 Å². The molecule has 2 heterocycles. The molecule has 6 heteroatoms. The van der Waals surface area contributed by atoms with Crippen LogP contribution in [0.5, 0.6) is 0 Å². The maximum absolute atomic E-state index is 12.1. The Balaban J connectivity index is 0.00000208. The summed E-state index contributed by atoms with van der Waals surface area (Å²) >= 11 is 0. The molecular formula is C18H26ClN3O2. The summed E-state index contributed by atoms with van der Waals surface area (Å²) in [6, 6.07) is 7.97. The molecule has 2 aliphatic heterocycles. The molecule has 1 atom stereocenters. The van der Waals surface area contributed by atoms with Gasteiger partial charge in [-0.15, -0.1) is 12.4 Å². The molecule has 3 rings (SSSR count). The SMILES string of the molecule is Cl.O=C(CCN1C(=O)CCc2ccccc21)NCCC1CCNC1. The number of carbonyl (C=O) groups excluding carboxylic acids is 2. The van der Waals surface area contributed by atoms with Crippen LogP contribution in [0.3, 0.4) is 0 Å². The number of amides is 2. The molecule has 1 saturated heterocycles. The fourth-order valence-corrected chi connectivity index (χ4v) is 3.42. The molecule has 0 saturated carbocycles. The normalized spacial score (nSPS) is 19.6. The summed E-state index contributed by atoms with van der Waals surface area (Å²) in [6.45, 7) is 3.35. The molecule has 1 fully saturated rings. The number of fused-ring (bicyclic) bond motifs is 1. The first-order chi connectivity index (χ1) is 11.2. The van der Waals surface area contributed by atoms with Gasteiger partial charge < -0.3 is 15.5 Å². The molecular weight excluding hydrogens is 326 g/mol. The molecule has 0 aliphatic carbocycles. The third-order valence-electron chi connectivity index (χ3n) is 4.79. The minimum absolute atomic E-state index is 0. The van der Waals surface area contributed by atoms with Crippen molar-refractivity contribution in [3.05, 3.63) is 29.8 Å². The maximum atomic E-state index is 12.1. The van der Waals surface area contributed by atoms with E-state index in [0.29, 0.717) is 25.3 Å². The average Bonchev–Trinajstić information content (AvgIpc) is 3.07. The van der Waals surface area contributed by atoms with E-state index in [1.807, 2.05) is 18.2 Å². The number of nitrogens with zero attached hydrogens (tertiary/aromatic N) is 1. The second kappa shape index (κ2) is 9.04. The van der Waals surface area contributed by atoms with Gasteiger partial charge in [0, 0.05) is 31.6 Å². The second-order valence-electron chi connectivity index (χ2n) is 6.42. The largest absolute Gasteiger partial charge is 0.356 e. The van der Waals surface area contributed by atoms with Gasteiger partial charge in [-0.05, 0) is 49.9 Å². The highest BCUT2D eigenvalue weighted by Crippen LogP contribution is 2.27. The van der Waals surface area contributed by atoms with E-state index in [1.54, 1.807) is 4.90 Å². The molecule has 0 radical (unpaired) electrons. The van der Waals surface area contributed by atoms with Gasteiger partial charge in [0.05, 0.1) is 0 Å². The first-order valence-corrected chi connectivity index (χ1v) is 8.60. The van der Waals surface area contributed by atoms with Crippen LogP contribution in [0.4, 0.5) is 5.69 Å². The molecule has 0 aromatic heterocycles. The van der Waals surface area contributed by atoms with Crippen LogP contribution in [0.1, 0.15) is 31.2 Å². The predicted octanol–water partition coefficient (Wildman–Crippen LogP) is 1.89. The number of nitrogens with one attached hydrogen (secondary N) is 2. The fourth-order valence-electron chi connectivity index (χ4n) is 3.42. The van der Waals surface area contributed by atoms with E-state index in [-0.39, 0.29) is 24.2 Å². The van der Waals surface area contributed by atoms with E-state index in [2.05, 4.69) is 16.7 Å². The van der Waals surface area contributed by atoms with Crippen molar-refractivity contribution >= 4 is 29.9 Å². The van der Waals surface area contributed by atoms with Crippen LogP contribution in [0.15, 0.2) is 24.3 Å². The lowest BCUT2D eigenvalue weighted by atomic mass is 10.0. The van der Waals surface area contributed by atoms with Crippen LogP contribution in [0.2, 0.25) is 0 Å². The van der Waals surface area contributed by atoms with Crippen molar-refractivity contribution < 1.29 is 9.59 Å². The van der Waals surface area contributed by atoms with Gasteiger partial charge in [0.15, 0.2) is 0 Å². The lowest BCUT2D eigenvalue weighted by Crippen LogP contribution is -2.38. The number of aryl methyl sites for hydroxylation is 1. The van der Waals surface area contributed by atoms with Crippen molar-refractivity contribution in [2.75, 3.05) is 31.1 Å². The minimum atomic E-state index is 0. The van der Waals surface area contributed by atoms with Gasteiger partial charge in [-0.1, -0.05) is 18.2 Å². The molecule has 1 aromatic rings. The van der Waals surface area contributed by atoms with Crippen LogP contribution in [0, 0.1) is 5.92 Å². The first-order valence-electron chi connectivity index (χ1n) is 8.60. The highest BCUT2D eigenvalue weighted by Gasteiger charge is 2.24. The van der Waals surface area contributed by atoms with Gasteiger partial charge in [0.25, 0.3) is 0 Å². The number of benzene rings is 1. The van der Waals surface area contributed by atoms with Crippen molar-refractivity contribution in [2.45, 2.75) is 32.1 Å². The van der Waals surface area contributed by atoms with E-state index in [9.17, 15) is 9.59 Å². The lowest BCUT2D eigenvalue weighted by molar-refractivity contribution is -0.121. The van der Waals surface area contributed by atoms with Crippen LogP contribution >= 0.6 is 12.4 Å². The Morgan fingerprint density at radius 2 is 2.12 bits per heavy atom. The average molecular weight is 352 g/mol. The van der Waals surface area contributed by atoms with E-state index in [4.69, 9.17) is 0 Å². The van der Waals surface area contributed by atoms with Gasteiger partial charge in [0.1, 0.15) is 0 Å². The zero-order valence-electron chi connectivity index (χ0n) is 13.9.